The molecule has 2 fully saturated rings. The summed E-state index contributed by atoms with van der Waals surface area (Å²) in [4.78, 5) is 16.6. The molecule has 2 saturated heterocycles. The number of rotatable bonds is 2. The first kappa shape index (κ1) is 14.6. The van der Waals surface area contributed by atoms with E-state index in [0.717, 1.165) is 75.3 Å². The van der Waals surface area contributed by atoms with Gasteiger partial charge in [-0.2, -0.15) is 15.1 Å². The number of aryl methyl sites for hydroxylation is 1. The van der Waals surface area contributed by atoms with E-state index in [1.54, 1.807) is 0 Å². The summed E-state index contributed by atoms with van der Waals surface area (Å²) in [6.07, 6.45) is 1.88. The number of morpholine rings is 1. The zero-order valence-electron chi connectivity index (χ0n) is 13.8. The molecule has 8 heteroatoms. The highest BCUT2D eigenvalue weighted by Gasteiger charge is 2.23. The molecule has 0 N–H and O–H groups in total. The number of ether oxygens (including phenoxy) is 1. The van der Waals surface area contributed by atoms with Crippen LogP contribution in [0, 0.1) is 0 Å². The monoisotopic (exact) mass is 317 g/mol. The number of hydrogen-bond donors (Lipinski definition) is 0. The molecule has 0 aliphatic carbocycles. The van der Waals surface area contributed by atoms with Gasteiger partial charge in [-0.25, -0.2) is 0 Å². The number of piperazine rings is 1. The van der Waals surface area contributed by atoms with Gasteiger partial charge in [-0.15, -0.1) is 0 Å². The van der Waals surface area contributed by atoms with Crippen molar-refractivity contribution in [2.45, 2.75) is 0 Å². The van der Waals surface area contributed by atoms with E-state index in [2.05, 4.69) is 26.8 Å². The Morgan fingerprint density at radius 1 is 0.913 bits per heavy atom. The molecule has 2 aromatic rings. The smallest absolute Gasteiger partial charge is 0.229 e. The van der Waals surface area contributed by atoms with E-state index >= 15 is 0 Å². The van der Waals surface area contributed by atoms with Gasteiger partial charge in [0.2, 0.25) is 5.95 Å². The Morgan fingerprint density at radius 2 is 1.65 bits per heavy atom. The van der Waals surface area contributed by atoms with Crippen molar-refractivity contribution in [1.82, 2.24) is 24.6 Å². The van der Waals surface area contributed by atoms with E-state index in [9.17, 15) is 0 Å². The van der Waals surface area contributed by atoms with Crippen molar-refractivity contribution in [3.63, 3.8) is 0 Å². The van der Waals surface area contributed by atoms with Crippen molar-refractivity contribution in [3.8, 4) is 0 Å². The topological polar surface area (TPSA) is 62.6 Å². The summed E-state index contributed by atoms with van der Waals surface area (Å²) in [7, 11) is 4.10. The fourth-order valence-corrected chi connectivity index (χ4v) is 3.16. The summed E-state index contributed by atoms with van der Waals surface area (Å²) in [5.41, 5.74) is 0.899. The highest BCUT2D eigenvalue weighted by atomic mass is 16.5. The number of nitrogens with zero attached hydrogens (tertiary/aromatic N) is 7. The van der Waals surface area contributed by atoms with E-state index in [0.29, 0.717) is 0 Å². The molecule has 2 aliphatic rings. The van der Waals surface area contributed by atoms with Gasteiger partial charge >= 0.3 is 0 Å². The Kier molecular flexibility index (Phi) is 3.78. The zero-order chi connectivity index (χ0) is 15.8. The minimum absolute atomic E-state index is 0.733. The molecule has 0 saturated carbocycles. The van der Waals surface area contributed by atoms with Crippen LogP contribution in [0.5, 0.6) is 0 Å². The van der Waals surface area contributed by atoms with Gasteiger partial charge in [0.05, 0.1) is 24.8 Å². The predicted molar refractivity (Wildman–Crippen MR) is 89.0 cm³/mol. The molecule has 4 rings (SSSR count). The van der Waals surface area contributed by atoms with Crippen LogP contribution in [0.1, 0.15) is 0 Å². The third-order valence-electron chi connectivity index (χ3n) is 4.66. The Hall–Kier alpha value is -1.93. The van der Waals surface area contributed by atoms with Gasteiger partial charge in [0.15, 0.2) is 5.65 Å². The summed E-state index contributed by atoms with van der Waals surface area (Å²) in [6.45, 7) is 7.22. The first-order valence-electron chi connectivity index (χ1n) is 8.18. The van der Waals surface area contributed by atoms with E-state index in [1.807, 2.05) is 17.9 Å². The molecule has 4 heterocycles. The molecule has 2 aromatic heterocycles. The van der Waals surface area contributed by atoms with Crippen LogP contribution >= 0.6 is 0 Å². The maximum Gasteiger partial charge on any atom is 0.229 e. The minimum Gasteiger partial charge on any atom is -0.378 e. The highest BCUT2D eigenvalue weighted by Crippen LogP contribution is 2.27. The number of fused-ring (bicyclic) bond motifs is 1. The molecule has 8 nitrogen and oxygen atoms in total. The van der Waals surface area contributed by atoms with E-state index < -0.39 is 0 Å². The summed E-state index contributed by atoms with van der Waals surface area (Å²) >= 11 is 0. The third-order valence-corrected chi connectivity index (χ3v) is 4.66. The Balaban J connectivity index is 1.75. The van der Waals surface area contributed by atoms with Gasteiger partial charge in [-0.1, -0.05) is 0 Å². The molecule has 0 radical (unpaired) electrons. The molecule has 0 aromatic carbocycles. The van der Waals surface area contributed by atoms with Gasteiger partial charge in [-0.05, 0) is 7.05 Å². The SMILES string of the molecule is CN1CCN(c2nc(N3CCOCC3)nc3c2cnn3C)CC1. The van der Waals surface area contributed by atoms with Gasteiger partial charge in [-0.3, -0.25) is 4.68 Å². The Labute approximate surface area is 135 Å². The third kappa shape index (κ3) is 2.72. The summed E-state index contributed by atoms with van der Waals surface area (Å²) in [5.74, 6) is 1.80. The first-order chi connectivity index (χ1) is 11.2. The molecular weight excluding hydrogens is 294 g/mol. The lowest BCUT2D eigenvalue weighted by Gasteiger charge is -2.34. The Morgan fingerprint density at radius 3 is 2.39 bits per heavy atom. The van der Waals surface area contributed by atoms with Crippen LogP contribution < -0.4 is 9.80 Å². The Bertz CT molecular complexity index is 686. The van der Waals surface area contributed by atoms with Crippen LogP contribution in [0.25, 0.3) is 11.0 Å². The summed E-state index contributed by atoms with van der Waals surface area (Å²) < 4.78 is 7.28. The van der Waals surface area contributed by atoms with Crippen LogP contribution in [0.2, 0.25) is 0 Å². The molecule has 0 spiro atoms. The van der Waals surface area contributed by atoms with Crippen molar-refractivity contribution in [3.05, 3.63) is 6.20 Å². The van der Waals surface area contributed by atoms with Crippen LogP contribution in [0.15, 0.2) is 6.20 Å². The van der Waals surface area contributed by atoms with Gasteiger partial charge in [0, 0.05) is 46.3 Å². The van der Waals surface area contributed by atoms with Gasteiger partial charge in [0.25, 0.3) is 0 Å². The molecule has 23 heavy (non-hydrogen) atoms. The van der Waals surface area contributed by atoms with Crippen molar-refractivity contribution in [2.24, 2.45) is 7.05 Å². The number of aromatic nitrogens is 4. The van der Waals surface area contributed by atoms with Crippen molar-refractivity contribution in [1.29, 1.82) is 0 Å². The second-order valence-corrected chi connectivity index (χ2v) is 6.24. The molecule has 0 atom stereocenters. The minimum atomic E-state index is 0.733. The largest absolute Gasteiger partial charge is 0.378 e. The molecule has 0 unspecified atom stereocenters. The fourth-order valence-electron chi connectivity index (χ4n) is 3.16. The van der Waals surface area contributed by atoms with Gasteiger partial charge in [0.1, 0.15) is 5.82 Å². The average molecular weight is 317 g/mol. The molecule has 0 bridgehead atoms. The van der Waals surface area contributed by atoms with Gasteiger partial charge < -0.3 is 19.4 Å². The van der Waals surface area contributed by atoms with E-state index in [4.69, 9.17) is 14.7 Å². The van der Waals surface area contributed by atoms with Crippen molar-refractivity contribution < 1.29 is 4.74 Å². The average Bonchev–Trinajstić information content (AvgIpc) is 2.97. The zero-order valence-corrected chi connectivity index (χ0v) is 13.8. The molecule has 2 aliphatic heterocycles. The van der Waals surface area contributed by atoms with E-state index in [1.165, 1.54) is 0 Å². The number of likely N-dealkylation sites (N-methyl/N-ethyl adjacent to an activating group) is 1. The lowest BCUT2D eigenvalue weighted by Crippen LogP contribution is -2.45. The van der Waals surface area contributed by atoms with Crippen molar-refractivity contribution >= 4 is 22.8 Å². The highest BCUT2D eigenvalue weighted by molar-refractivity contribution is 5.88. The lowest BCUT2D eigenvalue weighted by molar-refractivity contribution is 0.122. The summed E-state index contributed by atoms with van der Waals surface area (Å²) in [6, 6.07) is 0. The van der Waals surface area contributed by atoms with Crippen LogP contribution in [-0.2, 0) is 11.8 Å². The maximum absolute atomic E-state index is 5.45. The van der Waals surface area contributed by atoms with E-state index in [-0.39, 0.29) is 0 Å². The lowest BCUT2D eigenvalue weighted by atomic mass is 10.3. The molecule has 124 valence electrons. The molecule has 0 amide bonds. The normalized spacial score (nSPS) is 20.4. The second kappa shape index (κ2) is 5.93. The quantitative estimate of drug-likeness (QED) is 0.769. The predicted octanol–water partition coefficient (Wildman–Crippen LogP) is -0.0483. The van der Waals surface area contributed by atoms with Crippen LogP contribution in [0.4, 0.5) is 11.8 Å². The maximum atomic E-state index is 5.45. The van der Waals surface area contributed by atoms with Crippen LogP contribution in [-0.4, -0.2) is 84.2 Å². The molecular formula is C15H23N7O. The second-order valence-electron chi connectivity index (χ2n) is 6.24. The fraction of sp³-hybridized carbons (Fsp3) is 0.667. The number of anilines is 2. The summed E-state index contributed by atoms with van der Waals surface area (Å²) in [5, 5.41) is 5.42. The number of hydrogen-bond acceptors (Lipinski definition) is 7. The standard InChI is InChI=1S/C15H23N7O/c1-19-3-5-21(6-4-19)14-12-11-16-20(2)13(12)17-15(18-14)22-7-9-23-10-8-22/h11H,3-10H2,1-2H3. The van der Waals surface area contributed by atoms with Crippen molar-refractivity contribution in [2.75, 3.05) is 69.3 Å². The van der Waals surface area contributed by atoms with Crippen LogP contribution in [0.3, 0.4) is 0 Å². The first-order valence-corrected chi connectivity index (χ1v) is 8.18.